The van der Waals surface area contributed by atoms with E-state index < -0.39 is 11.9 Å². The molecule has 0 aliphatic heterocycles. The van der Waals surface area contributed by atoms with E-state index >= 15 is 0 Å². The fourth-order valence-corrected chi connectivity index (χ4v) is 2.66. The molecule has 0 spiro atoms. The average Bonchev–Trinajstić information content (AvgIpc) is 2.77. The maximum absolute atomic E-state index is 12.5. The number of aromatic nitrogens is 4. The van der Waals surface area contributed by atoms with E-state index in [1.807, 2.05) is 0 Å². The first-order chi connectivity index (χ1) is 8.86. The quantitative estimate of drug-likeness (QED) is 0.812. The number of anilines is 1. The van der Waals surface area contributed by atoms with Crippen molar-refractivity contribution >= 4 is 28.2 Å². The summed E-state index contributed by atoms with van der Waals surface area (Å²) in [5.41, 5.74) is -0.970. The van der Waals surface area contributed by atoms with Gasteiger partial charge in [0.05, 0.1) is 0 Å². The fraction of sp³-hybridized carbons (Fsp3) is 0.333. The van der Waals surface area contributed by atoms with E-state index in [2.05, 4.69) is 20.2 Å². The van der Waals surface area contributed by atoms with Crippen LogP contribution in [0.1, 0.15) is 5.69 Å². The molecule has 0 aliphatic rings. The molecule has 19 heavy (non-hydrogen) atoms. The third-order valence-electron chi connectivity index (χ3n) is 1.88. The number of rotatable bonds is 3. The zero-order valence-electron chi connectivity index (χ0n) is 9.84. The summed E-state index contributed by atoms with van der Waals surface area (Å²) in [5.74, 6) is 0. The Morgan fingerprint density at radius 3 is 2.58 bits per heavy atom. The minimum Gasteiger partial charge on any atom is -0.353 e. The molecule has 0 fully saturated rings. The van der Waals surface area contributed by atoms with Crippen LogP contribution in [0.3, 0.4) is 0 Å². The Morgan fingerprint density at radius 1 is 1.26 bits per heavy atom. The van der Waals surface area contributed by atoms with Crippen LogP contribution in [0.4, 0.5) is 18.3 Å². The van der Waals surface area contributed by atoms with Gasteiger partial charge >= 0.3 is 6.18 Å². The molecule has 0 saturated carbocycles. The first-order valence-corrected chi connectivity index (χ1v) is 6.58. The van der Waals surface area contributed by atoms with Gasteiger partial charge in [-0.2, -0.15) is 13.2 Å². The first kappa shape index (κ1) is 14.0. The number of nitrogens with zero attached hydrogens (tertiary/aromatic N) is 5. The SMILES string of the molecule is CN(C)c1nnc(Sc2nccc(C(F)(F)F)n2)s1. The maximum Gasteiger partial charge on any atom is 0.433 e. The number of hydrogen-bond donors (Lipinski definition) is 0. The highest BCUT2D eigenvalue weighted by Crippen LogP contribution is 2.33. The zero-order valence-corrected chi connectivity index (χ0v) is 11.5. The van der Waals surface area contributed by atoms with Gasteiger partial charge in [-0.25, -0.2) is 9.97 Å². The van der Waals surface area contributed by atoms with Crippen molar-refractivity contribution in [2.24, 2.45) is 0 Å². The lowest BCUT2D eigenvalue weighted by Gasteiger charge is -2.05. The Bertz CT molecular complexity index is 569. The number of hydrogen-bond acceptors (Lipinski definition) is 7. The van der Waals surface area contributed by atoms with Gasteiger partial charge < -0.3 is 4.90 Å². The Balaban J connectivity index is 2.19. The normalized spacial score (nSPS) is 11.6. The molecule has 0 aliphatic carbocycles. The standard InChI is InChI=1S/C9H8F3N5S2/c1-17(2)7-15-16-8(19-7)18-6-13-4-3-5(14-6)9(10,11)12/h3-4H,1-2H3. The zero-order chi connectivity index (χ0) is 14.0. The summed E-state index contributed by atoms with van der Waals surface area (Å²) in [4.78, 5) is 8.98. The van der Waals surface area contributed by atoms with Crippen LogP contribution in [-0.2, 0) is 6.18 Å². The van der Waals surface area contributed by atoms with E-state index in [0.29, 0.717) is 9.47 Å². The van der Waals surface area contributed by atoms with Crippen molar-refractivity contribution in [2.75, 3.05) is 19.0 Å². The molecule has 2 heterocycles. The molecule has 0 N–H and O–H groups in total. The largest absolute Gasteiger partial charge is 0.433 e. The summed E-state index contributed by atoms with van der Waals surface area (Å²) < 4.78 is 37.9. The summed E-state index contributed by atoms with van der Waals surface area (Å²) in [6.07, 6.45) is -3.40. The van der Waals surface area contributed by atoms with Crippen molar-refractivity contribution in [3.05, 3.63) is 18.0 Å². The summed E-state index contributed by atoms with van der Waals surface area (Å²) in [6, 6.07) is 0.829. The van der Waals surface area contributed by atoms with Crippen LogP contribution in [0.2, 0.25) is 0 Å². The third kappa shape index (κ3) is 3.53. The summed E-state index contributed by atoms with van der Waals surface area (Å²) in [5, 5.41) is 8.39. The van der Waals surface area contributed by atoms with Gasteiger partial charge in [0, 0.05) is 20.3 Å². The smallest absolute Gasteiger partial charge is 0.353 e. The van der Waals surface area contributed by atoms with Gasteiger partial charge in [-0.1, -0.05) is 11.3 Å². The molecule has 0 atom stereocenters. The average molecular weight is 307 g/mol. The van der Waals surface area contributed by atoms with Crippen LogP contribution in [0.5, 0.6) is 0 Å². The van der Waals surface area contributed by atoms with Crippen molar-refractivity contribution in [3.8, 4) is 0 Å². The molecule has 2 rings (SSSR count). The molecule has 0 amide bonds. The summed E-state index contributed by atoms with van der Waals surface area (Å²) >= 11 is 2.21. The second-order valence-electron chi connectivity index (χ2n) is 3.57. The molecular formula is C9H8F3N5S2. The Labute approximate surface area is 114 Å². The van der Waals surface area contributed by atoms with Crippen LogP contribution >= 0.6 is 23.1 Å². The highest BCUT2D eigenvalue weighted by atomic mass is 32.2. The van der Waals surface area contributed by atoms with Crippen molar-refractivity contribution in [1.29, 1.82) is 0 Å². The minimum atomic E-state index is -4.48. The lowest BCUT2D eigenvalue weighted by atomic mass is 10.4. The Hall–Kier alpha value is -1.42. The van der Waals surface area contributed by atoms with Crippen LogP contribution in [0.15, 0.2) is 21.8 Å². The highest BCUT2D eigenvalue weighted by molar-refractivity contribution is 8.00. The lowest BCUT2D eigenvalue weighted by molar-refractivity contribution is -0.141. The fourth-order valence-electron chi connectivity index (χ4n) is 1.05. The molecule has 2 aromatic heterocycles. The number of halogens is 3. The third-order valence-corrected chi connectivity index (χ3v) is 3.90. The predicted octanol–water partition coefficient (Wildman–Crippen LogP) is 2.56. The predicted molar refractivity (Wildman–Crippen MR) is 65.4 cm³/mol. The van der Waals surface area contributed by atoms with Crippen molar-refractivity contribution in [1.82, 2.24) is 20.2 Å². The van der Waals surface area contributed by atoms with Crippen molar-refractivity contribution < 1.29 is 13.2 Å². The monoisotopic (exact) mass is 307 g/mol. The van der Waals surface area contributed by atoms with E-state index in [1.165, 1.54) is 11.3 Å². The van der Waals surface area contributed by atoms with Gasteiger partial charge in [0.1, 0.15) is 5.69 Å². The minimum absolute atomic E-state index is 0.00344. The first-order valence-electron chi connectivity index (χ1n) is 4.95. The van der Waals surface area contributed by atoms with E-state index in [9.17, 15) is 13.2 Å². The molecular weight excluding hydrogens is 299 g/mol. The second kappa shape index (κ2) is 5.29. The van der Waals surface area contributed by atoms with Gasteiger partial charge in [-0.05, 0) is 17.8 Å². The van der Waals surface area contributed by atoms with E-state index in [0.717, 1.165) is 24.0 Å². The summed E-state index contributed by atoms with van der Waals surface area (Å²) in [7, 11) is 3.60. The summed E-state index contributed by atoms with van der Waals surface area (Å²) in [6.45, 7) is 0. The van der Waals surface area contributed by atoms with Crippen molar-refractivity contribution in [3.63, 3.8) is 0 Å². The van der Waals surface area contributed by atoms with E-state index in [-0.39, 0.29) is 5.16 Å². The van der Waals surface area contributed by atoms with E-state index in [1.54, 1.807) is 19.0 Å². The van der Waals surface area contributed by atoms with E-state index in [4.69, 9.17) is 0 Å². The second-order valence-corrected chi connectivity index (χ2v) is 5.74. The molecule has 10 heteroatoms. The van der Waals surface area contributed by atoms with Crippen molar-refractivity contribution in [2.45, 2.75) is 15.7 Å². The highest BCUT2D eigenvalue weighted by Gasteiger charge is 2.32. The maximum atomic E-state index is 12.5. The molecule has 5 nitrogen and oxygen atoms in total. The molecule has 0 radical (unpaired) electrons. The molecule has 102 valence electrons. The van der Waals surface area contributed by atoms with Gasteiger partial charge in [-0.15, -0.1) is 10.2 Å². The van der Waals surface area contributed by atoms with Gasteiger partial charge in [0.2, 0.25) is 5.13 Å². The molecule has 0 saturated heterocycles. The number of alkyl halides is 3. The molecule has 2 aromatic rings. The Morgan fingerprint density at radius 2 is 2.00 bits per heavy atom. The van der Waals surface area contributed by atoms with Crippen LogP contribution < -0.4 is 4.90 Å². The van der Waals surface area contributed by atoms with Gasteiger partial charge in [-0.3, -0.25) is 0 Å². The lowest BCUT2D eigenvalue weighted by Crippen LogP contribution is -2.08. The topological polar surface area (TPSA) is 54.8 Å². The Kier molecular flexibility index (Phi) is 3.90. The molecule has 0 aromatic carbocycles. The molecule has 0 bridgehead atoms. The van der Waals surface area contributed by atoms with Gasteiger partial charge in [0.15, 0.2) is 9.50 Å². The van der Waals surface area contributed by atoms with Crippen LogP contribution in [0, 0.1) is 0 Å². The van der Waals surface area contributed by atoms with Crippen LogP contribution in [-0.4, -0.2) is 34.3 Å². The molecule has 0 unspecified atom stereocenters. The van der Waals surface area contributed by atoms with Crippen LogP contribution in [0.25, 0.3) is 0 Å². The van der Waals surface area contributed by atoms with Gasteiger partial charge in [0.25, 0.3) is 0 Å².